The van der Waals surface area contributed by atoms with Crippen LogP contribution in [0.15, 0.2) is 29.3 Å². The van der Waals surface area contributed by atoms with Crippen LogP contribution in [0.1, 0.15) is 26.3 Å². The first-order chi connectivity index (χ1) is 5.58. The van der Waals surface area contributed by atoms with Crippen LogP contribution in [0.5, 0.6) is 0 Å². The number of aliphatic imine (C=N–C) groups is 1. The quantitative estimate of drug-likeness (QED) is 0.309. The van der Waals surface area contributed by atoms with Gasteiger partial charge in [0.15, 0.2) is 0 Å². The normalized spacial score (nSPS) is 11.3. The molecule has 1 rings (SSSR count). The van der Waals surface area contributed by atoms with Gasteiger partial charge in [-0.05, 0) is 20.8 Å². The minimum Gasteiger partial charge on any atom is -0.335 e. The zero-order valence-electron chi connectivity index (χ0n) is 8.83. The molecule has 64 valence electrons. The smallest absolute Gasteiger partial charge is 0.335 e. The van der Waals surface area contributed by atoms with Crippen molar-refractivity contribution < 1.29 is 18.9 Å². The first-order valence-electron chi connectivity index (χ1n) is 4.10. The monoisotopic (exact) mass is 167 g/mol. The van der Waals surface area contributed by atoms with Crippen molar-refractivity contribution in [3.63, 3.8) is 0 Å². The average molecular weight is 167 g/mol. The fourth-order valence-electron chi connectivity index (χ4n) is 0.751. The summed E-state index contributed by atoms with van der Waals surface area (Å²) in [6.07, 6.45) is 1.86. The van der Waals surface area contributed by atoms with Crippen molar-refractivity contribution in [3.05, 3.63) is 35.9 Å². The standard InChI is InChI=1S/C11H14N.Li/c1-11(2,3)12-9-10-7-5-4-6-8-10;/h4-7,9H,1-3H3;/q-1;+1. The van der Waals surface area contributed by atoms with Gasteiger partial charge in [0.05, 0.1) is 0 Å². The molecule has 0 unspecified atom stereocenters. The van der Waals surface area contributed by atoms with E-state index in [-0.39, 0.29) is 24.4 Å². The molecule has 0 saturated heterocycles. The maximum atomic E-state index is 4.37. The third-order valence-corrected chi connectivity index (χ3v) is 1.32. The Kier molecular flexibility index (Phi) is 5.06. The van der Waals surface area contributed by atoms with Gasteiger partial charge < -0.3 is 4.99 Å². The zero-order chi connectivity index (χ0) is 9.03. The summed E-state index contributed by atoms with van der Waals surface area (Å²) in [4.78, 5) is 4.37. The van der Waals surface area contributed by atoms with Gasteiger partial charge in [-0.3, -0.25) is 0 Å². The van der Waals surface area contributed by atoms with Gasteiger partial charge in [0.1, 0.15) is 0 Å². The molecule has 1 nitrogen and oxygen atoms in total. The third kappa shape index (κ3) is 5.68. The van der Waals surface area contributed by atoms with Gasteiger partial charge >= 0.3 is 18.9 Å². The Morgan fingerprint density at radius 3 is 2.46 bits per heavy atom. The SMILES string of the molecule is CC(C)(C)N=Cc1[c-]cccc1.[Li+]. The molecule has 0 N–H and O–H groups in total. The van der Waals surface area contributed by atoms with Crippen molar-refractivity contribution in [1.29, 1.82) is 0 Å². The van der Waals surface area contributed by atoms with Gasteiger partial charge in [-0.15, -0.1) is 35.9 Å². The zero-order valence-corrected chi connectivity index (χ0v) is 8.83. The van der Waals surface area contributed by atoms with Gasteiger partial charge in [-0.2, -0.15) is 0 Å². The molecule has 0 fully saturated rings. The Hall–Kier alpha value is -0.513. The van der Waals surface area contributed by atoms with E-state index in [9.17, 15) is 0 Å². The van der Waals surface area contributed by atoms with Gasteiger partial charge in [0.2, 0.25) is 0 Å². The minimum absolute atomic E-state index is 0. The van der Waals surface area contributed by atoms with Crippen LogP contribution in [0.2, 0.25) is 0 Å². The Labute approximate surface area is 92.4 Å². The van der Waals surface area contributed by atoms with Crippen molar-refractivity contribution in [2.45, 2.75) is 26.3 Å². The maximum absolute atomic E-state index is 4.37. The number of rotatable bonds is 1. The summed E-state index contributed by atoms with van der Waals surface area (Å²) in [6.45, 7) is 6.23. The van der Waals surface area contributed by atoms with Crippen LogP contribution in [0.4, 0.5) is 0 Å². The van der Waals surface area contributed by atoms with Crippen LogP contribution >= 0.6 is 0 Å². The molecule has 0 aliphatic rings. The van der Waals surface area contributed by atoms with E-state index in [1.807, 2.05) is 30.5 Å². The van der Waals surface area contributed by atoms with E-state index in [1.165, 1.54) is 0 Å². The van der Waals surface area contributed by atoms with E-state index in [0.717, 1.165) is 5.56 Å². The van der Waals surface area contributed by atoms with E-state index < -0.39 is 0 Å². The summed E-state index contributed by atoms with van der Waals surface area (Å²) < 4.78 is 0. The van der Waals surface area contributed by atoms with Gasteiger partial charge in [-0.1, -0.05) is 6.21 Å². The predicted molar refractivity (Wildman–Crippen MR) is 52.6 cm³/mol. The minimum atomic E-state index is 0. The van der Waals surface area contributed by atoms with E-state index in [4.69, 9.17) is 0 Å². The van der Waals surface area contributed by atoms with Crippen molar-refractivity contribution in [2.75, 3.05) is 0 Å². The largest absolute Gasteiger partial charge is 1.00 e. The summed E-state index contributed by atoms with van der Waals surface area (Å²) in [5.41, 5.74) is 1.04. The van der Waals surface area contributed by atoms with Crippen molar-refractivity contribution in [2.24, 2.45) is 4.99 Å². The third-order valence-electron chi connectivity index (χ3n) is 1.32. The molecular weight excluding hydrogens is 153 g/mol. The molecule has 0 aliphatic heterocycles. The number of hydrogen-bond donors (Lipinski definition) is 0. The maximum Gasteiger partial charge on any atom is 1.00 e. The van der Waals surface area contributed by atoms with Crippen LogP contribution in [0, 0.1) is 6.07 Å². The summed E-state index contributed by atoms with van der Waals surface area (Å²) in [7, 11) is 0. The second-order valence-electron chi connectivity index (χ2n) is 3.75. The van der Waals surface area contributed by atoms with Crippen LogP contribution in [0.25, 0.3) is 0 Å². The second-order valence-corrected chi connectivity index (χ2v) is 3.75. The molecule has 1 aromatic rings. The molecule has 0 aliphatic carbocycles. The van der Waals surface area contributed by atoms with Crippen molar-refractivity contribution >= 4 is 6.21 Å². The molecule has 2 heteroatoms. The van der Waals surface area contributed by atoms with E-state index in [2.05, 4.69) is 31.8 Å². The molecule has 0 amide bonds. The Morgan fingerprint density at radius 2 is 2.00 bits per heavy atom. The molecule has 0 bridgehead atoms. The molecule has 0 heterocycles. The summed E-state index contributed by atoms with van der Waals surface area (Å²) >= 11 is 0. The fourth-order valence-corrected chi connectivity index (χ4v) is 0.751. The van der Waals surface area contributed by atoms with Crippen LogP contribution in [-0.4, -0.2) is 11.8 Å². The predicted octanol–water partition coefficient (Wildman–Crippen LogP) is -0.292. The topological polar surface area (TPSA) is 12.4 Å². The summed E-state index contributed by atoms with van der Waals surface area (Å²) in [5.74, 6) is 0. The molecular formula is C11H14LiN. The second kappa shape index (κ2) is 5.27. The van der Waals surface area contributed by atoms with Crippen LogP contribution in [0.3, 0.4) is 0 Å². The molecule has 0 saturated carbocycles. The van der Waals surface area contributed by atoms with E-state index >= 15 is 0 Å². The van der Waals surface area contributed by atoms with Crippen molar-refractivity contribution in [3.8, 4) is 0 Å². The van der Waals surface area contributed by atoms with E-state index in [1.54, 1.807) is 0 Å². The van der Waals surface area contributed by atoms with Gasteiger partial charge in [0.25, 0.3) is 0 Å². The molecule has 0 atom stereocenters. The number of benzene rings is 1. The number of nitrogens with zero attached hydrogens (tertiary/aromatic N) is 1. The fraction of sp³-hybridized carbons (Fsp3) is 0.364. The van der Waals surface area contributed by atoms with Gasteiger partial charge in [0, 0.05) is 5.54 Å². The molecule has 0 aromatic heterocycles. The molecule has 13 heavy (non-hydrogen) atoms. The Bertz CT molecular complexity index is 259. The van der Waals surface area contributed by atoms with Crippen LogP contribution in [-0.2, 0) is 0 Å². The number of hydrogen-bond acceptors (Lipinski definition) is 1. The van der Waals surface area contributed by atoms with Crippen molar-refractivity contribution in [1.82, 2.24) is 0 Å². The molecule has 0 radical (unpaired) electrons. The Balaban J connectivity index is 0.00000144. The summed E-state index contributed by atoms with van der Waals surface area (Å²) in [6, 6.07) is 10.9. The van der Waals surface area contributed by atoms with Crippen LogP contribution < -0.4 is 18.9 Å². The summed E-state index contributed by atoms with van der Waals surface area (Å²) in [5, 5.41) is 0. The molecule has 0 spiro atoms. The van der Waals surface area contributed by atoms with Gasteiger partial charge in [-0.25, -0.2) is 0 Å². The molecule has 1 aromatic carbocycles. The first-order valence-corrected chi connectivity index (χ1v) is 4.10. The first kappa shape index (κ1) is 12.5. The Morgan fingerprint density at radius 1 is 1.31 bits per heavy atom. The van der Waals surface area contributed by atoms with E-state index in [0.29, 0.717) is 0 Å². The average Bonchev–Trinajstić information content (AvgIpc) is 2.02.